The number of rotatable bonds is 3. The first-order chi connectivity index (χ1) is 4.72. The Hall–Kier alpha value is -1.17. The molecule has 0 aromatic rings. The average Bonchev–Trinajstić information content (AvgIpc) is 1.87. The van der Waals surface area contributed by atoms with E-state index in [2.05, 4.69) is 0 Å². The number of allylic oxidation sites excluding steroid dienone is 1. The van der Waals surface area contributed by atoms with E-state index in [1.807, 2.05) is 27.1 Å². The van der Waals surface area contributed by atoms with Gasteiger partial charge >= 0.3 is 0 Å². The molecule has 3 heteroatoms. The first-order valence-corrected chi connectivity index (χ1v) is 3.12. The lowest BCUT2D eigenvalue weighted by Crippen LogP contribution is -2.13. The summed E-state index contributed by atoms with van der Waals surface area (Å²) in [5.41, 5.74) is 0. The Morgan fingerprint density at radius 1 is 1.70 bits per heavy atom. The van der Waals surface area contributed by atoms with Gasteiger partial charge in [0.05, 0.1) is 18.8 Å². The fourth-order valence-electron chi connectivity index (χ4n) is 0.503. The third-order valence-corrected chi connectivity index (χ3v) is 0.921. The molecule has 0 fully saturated rings. The SMILES string of the molecule is CCO/C(=C/C#N)N(C)C. The van der Waals surface area contributed by atoms with Crippen molar-refractivity contribution < 1.29 is 4.74 Å². The van der Waals surface area contributed by atoms with Gasteiger partial charge in [-0.15, -0.1) is 0 Å². The topological polar surface area (TPSA) is 36.3 Å². The van der Waals surface area contributed by atoms with Crippen LogP contribution in [0.25, 0.3) is 0 Å². The quantitative estimate of drug-likeness (QED) is 0.432. The van der Waals surface area contributed by atoms with Gasteiger partial charge in [-0.2, -0.15) is 5.26 Å². The second-order valence-electron chi connectivity index (χ2n) is 1.94. The van der Waals surface area contributed by atoms with Crippen LogP contribution >= 0.6 is 0 Å². The van der Waals surface area contributed by atoms with Gasteiger partial charge in [-0.25, -0.2) is 0 Å². The van der Waals surface area contributed by atoms with E-state index in [0.717, 1.165) is 0 Å². The van der Waals surface area contributed by atoms with Gasteiger partial charge in [0, 0.05) is 14.1 Å². The van der Waals surface area contributed by atoms with Gasteiger partial charge in [0.25, 0.3) is 0 Å². The molecule has 0 aliphatic rings. The molecule has 0 bridgehead atoms. The summed E-state index contributed by atoms with van der Waals surface area (Å²) in [7, 11) is 3.66. The summed E-state index contributed by atoms with van der Waals surface area (Å²) in [6.07, 6.45) is 1.38. The minimum Gasteiger partial charge on any atom is -0.479 e. The first-order valence-electron chi connectivity index (χ1n) is 3.12. The highest BCUT2D eigenvalue weighted by Crippen LogP contribution is 1.98. The molecular weight excluding hydrogens is 128 g/mol. The van der Waals surface area contributed by atoms with Crippen LogP contribution in [0.2, 0.25) is 0 Å². The average molecular weight is 140 g/mol. The van der Waals surface area contributed by atoms with Gasteiger partial charge in [-0.1, -0.05) is 0 Å². The first kappa shape index (κ1) is 8.83. The number of nitriles is 1. The highest BCUT2D eigenvalue weighted by atomic mass is 16.5. The van der Waals surface area contributed by atoms with E-state index in [1.54, 1.807) is 4.90 Å². The normalized spacial score (nSPS) is 10.4. The second-order valence-corrected chi connectivity index (χ2v) is 1.94. The maximum atomic E-state index is 8.28. The van der Waals surface area contributed by atoms with E-state index < -0.39 is 0 Å². The van der Waals surface area contributed by atoms with Crippen molar-refractivity contribution in [1.82, 2.24) is 4.90 Å². The summed E-state index contributed by atoms with van der Waals surface area (Å²) in [5, 5.41) is 8.28. The molecule has 0 amide bonds. The van der Waals surface area contributed by atoms with E-state index in [0.29, 0.717) is 12.5 Å². The van der Waals surface area contributed by atoms with Gasteiger partial charge in [-0.05, 0) is 6.92 Å². The highest BCUT2D eigenvalue weighted by molar-refractivity contribution is 5.06. The molecule has 0 spiro atoms. The fourth-order valence-corrected chi connectivity index (χ4v) is 0.503. The summed E-state index contributed by atoms with van der Waals surface area (Å²) in [4.78, 5) is 1.76. The van der Waals surface area contributed by atoms with Gasteiger partial charge in [0.2, 0.25) is 0 Å². The minimum atomic E-state index is 0.589. The van der Waals surface area contributed by atoms with Crippen molar-refractivity contribution >= 4 is 0 Å². The Labute approximate surface area is 61.5 Å². The van der Waals surface area contributed by atoms with E-state index in [4.69, 9.17) is 10.00 Å². The van der Waals surface area contributed by atoms with Crippen LogP contribution < -0.4 is 0 Å². The lowest BCUT2D eigenvalue weighted by Gasteiger charge is -2.15. The summed E-state index contributed by atoms with van der Waals surface area (Å²) >= 11 is 0. The molecule has 0 aromatic carbocycles. The molecular formula is C7H12N2O. The number of hydrogen-bond acceptors (Lipinski definition) is 3. The zero-order chi connectivity index (χ0) is 7.98. The second kappa shape index (κ2) is 4.68. The molecule has 0 rings (SSSR count). The van der Waals surface area contributed by atoms with Crippen molar-refractivity contribution in [3.63, 3.8) is 0 Å². The molecule has 3 nitrogen and oxygen atoms in total. The summed E-state index contributed by atoms with van der Waals surface area (Å²) in [6, 6.07) is 1.91. The third-order valence-electron chi connectivity index (χ3n) is 0.921. The largest absolute Gasteiger partial charge is 0.479 e. The van der Waals surface area contributed by atoms with Gasteiger partial charge < -0.3 is 9.64 Å². The molecule has 0 heterocycles. The minimum absolute atomic E-state index is 0.589. The van der Waals surface area contributed by atoms with Gasteiger partial charge in [-0.3, -0.25) is 0 Å². The molecule has 0 radical (unpaired) electrons. The van der Waals surface area contributed by atoms with Crippen LogP contribution in [0.15, 0.2) is 12.0 Å². The molecule has 0 aromatic heterocycles. The van der Waals surface area contributed by atoms with Gasteiger partial charge in [0.1, 0.15) is 0 Å². The standard InChI is InChI=1S/C7H12N2O/c1-4-10-7(5-6-8)9(2)3/h5H,4H2,1-3H3/b7-5+. The van der Waals surface area contributed by atoms with E-state index in [9.17, 15) is 0 Å². The Morgan fingerprint density at radius 2 is 2.30 bits per heavy atom. The molecule has 0 saturated carbocycles. The predicted octanol–water partition coefficient (Wildman–Crippen LogP) is 0.949. The molecule has 10 heavy (non-hydrogen) atoms. The van der Waals surface area contributed by atoms with Crippen LogP contribution in [-0.2, 0) is 4.74 Å². The summed E-state index contributed by atoms with van der Waals surface area (Å²) in [6.45, 7) is 2.47. The van der Waals surface area contributed by atoms with Crippen LogP contribution in [0.5, 0.6) is 0 Å². The molecule has 56 valence electrons. The van der Waals surface area contributed by atoms with E-state index in [-0.39, 0.29) is 0 Å². The molecule has 0 N–H and O–H groups in total. The zero-order valence-corrected chi connectivity index (χ0v) is 6.59. The molecule has 0 unspecified atom stereocenters. The third kappa shape index (κ3) is 2.98. The van der Waals surface area contributed by atoms with E-state index >= 15 is 0 Å². The smallest absolute Gasteiger partial charge is 0.199 e. The number of hydrogen-bond donors (Lipinski definition) is 0. The van der Waals surface area contributed by atoms with Crippen molar-refractivity contribution in [1.29, 1.82) is 5.26 Å². The predicted molar refractivity (Wildman–Crippen MR) is 39.0 cm³/mol. The maximum absolute atomic E-state index is 8.28. The lowest BCUT2D eigenvalue weighted by molar-refractivity contribution is 0.152. The summed E-state index contributed by atoms with van der Waals surface area (Å²) < 4.78 is 5.11. The number of ether oxygens (including phenoxy) is 1. The van der Waals surface area contributed by atoms with Crippen molar-refractivity contribution in [3.8, 4) is 6.07 Å². The molecule has 0 atom stereocenters. The van der Waals surface area contributed by atoms with Crippen molar-refractivity contribution in [2.24, 2.45) is 0 Å². The van der Waals surface area contributed by atoms with Crippen LogP contribution in [-0.4, -0.2) is 25.6 Å². The number of nitrogens with zero attached hydrogens (tertiary/aromatic N) is 2. The maximum Gasteiger partial charge on any atom is 0.199 e. The molecule has 0 saturated heterocycles. The molecule has 0 aliphatic carbocycles. The Balaban J connectivity index is 4.01. The fraction of sp³-hybridized carbons (Fsp3) is 0.571. The van der Waals surface area contributed by atoms with Crippen molar-refractivity contribution in [3.05, 3.63) is 12.0 Å². The lowest BCUT2D eigenvalue weighted by atomic mass is 10.6. The van der Waals surface area contributed by atoms with Gasteiger partial charge in [0.15, 0.2) is 5.88 Å². The Kier molecular flexibility index (Phi) is 4.14. The van der Waals surface area contributed by atoms with Crippen molar-refractivity contribution in [2.45, 2.75) is 6.92 Å². The summed E-state index contributed by atoms with van der Waals surface area (Å²) in [5.74, 6) is 0.602. The van der Waals surface area contributed by atoms with Crippen LogP contribution in [0.3, 0.4) is 0 Å². The molecule has 0 aliphatic heterocycles. The highest BCUT2D eigenvalue weighted by Gasteiger charge is 1.96. The van der Waals surface area contributed by atoms with Crippen molar-refractivity contribution in [2.75, 3.05) is 20.7 Å². The Morgan fingerprint density at radius 3 is 2.60 bits per heavy atom. The monoisotopic (exact) mass is 140 g/mol. The Bertz CT molecular complexity index is 155. The van der Waals surface area contributed by atoms with Crippen LogP contribution in [0.1, 0.15) is 6.92 Å². The zero-order valence-electron chi connectivity index (χ0n) is 6.59. The van der Waals surface area contributed by atoms with Crippen LogP contribution in [0.4, 0.5) is 0 Å². The van der Waals surface area contributed by atoms with E-state index in [1.165, 1.54) is 6.08 Å². The van der Waals surface area contributed by atoms with Crippen LogP contribution in [0, 0.1) is 11.3 Å².